The van der Waals surface area contributed by atoms with Gasteiger partial charge in [-0.05, 0) is 12.0 Å². The first-order valence-corrected chi connectivity index (χ1v) is 4.25. The smallest absolute Gasteiger partial charge is 0.275 e. The van der Waals surface area contributed by atoms with E-state index in [0.29, 0.717) is 17.7 Å². The lowest BCUT2D eigenvalue weighted by Gasteiger charge is -2.12. The normalized spacial score (nSPS) is 20.8. The van der Waals surface area contributed by atoms with E-state index >= 15 is 0 Å². The lowest BCUT2D eigenvalue weighted by Crippen LogP contribution is -2.25. The van der Waals surface area contributed by atoms with Gasteiger partial charge in [0.25, 0.3) is 11.8 Å². The third-order valence-corrected chi connectivity index (χ3v) is 2.31. The van der Waals surface area contributed by atoms with Crippen LogP contribution in [0.2, 0.25) is 0 Å². The molecule has 0 atom stereocenters. The third-order valence-electron chi connectivity index (χ3n) is 2.31. The summed E-state index contributed by atoms with van der Waals surface area (Å²) in [7, 11) is 0. The summed E-state index contributed by atoms with van der Waals surface area (Å²) < 4.78 is 0. The summed E-state index contributed by atoms with van der Waals surface area (Å²) in [5, 5.41) is 5.10. The van der Waals surface area contributed by atoms with Crippen molar-refractivity contribution in [3.05, 3.63) is 23.0 Å². The van der Waals surface area contributed by atoms with E-state index < -0.39 is 0 Å². The predicted octanol–water partition coefficient (Wildman–Crippen LogP) is 0.184. The van der Waals surface area contributed by atoms with Crippen molar-refractivity contribution in [2.75, 3.05) is 0 Å². The molecule has 4 nitrogen and oxygen atoms in total. The second-order valence-electron chi connectivity index (χ2n) is 3.11. The van der Waals surface area contributed by atoms with Crippen LogP contribution in [0.25, 0.3) is 0 Å². The fourth-order valence-corrected chi connectivity index (χ4v) is 1.49. The predicted molar refractivity (Wildman–Crippen MR) is 46.3 cm³/mol. The highest BCUT2D eigenvalue weighted by Gasteiger charge is 2.31. The quantitative estimate of drug-likeness (QED) is 0.563. The largest absolute Gasteiger partial charge is 0.357 e. The molecule has 4 heteroatoms. The average molecular weight is 178 g/mol. The van der Waals surface area contributed by atoms with Crippen molar-refractivity contribution < 1.29 is 9.59 Å². The molecule has 0 bridgehead atoms. The molecule has 0 saturated heterocycles. The average Bonchev–Trinajstić information content (AvgIpc) is 2.42. The summed E-state index contributed by atoms with van der Waals surface area (Å²) in [4.78, 5) is 22.4. The zero-order valence-corrected chi connectivity index (χ0v) is 7.31. The van der Waals surface area contributed by atoms with Gasteiger partial charge in [-0.3, -0.25) is 14.9 Å². The van der Waals surface area contributed by atoms with Gasteiger partial charge in [-0.1, -0.05) is 6.92 Å². The van der Waals surface area contributed by atoms with Crippen molar-refractivity contribution in [3.63, 3.8) is 0 Å². The Kier molecular flexibility index (Phi) is 1.69. The van der Waals surface area contributed by atoms with Crippen LogP contribution in [-0.4, -0.2) is 11.8 Å². The number of nitrogens with one attached hydrogen (secondary N) is 2. The van der Waals surface area contributed by atoms with E-state index in [1.807, 2.05) is 6.92 Å². The minimum atomic E-state index is -0.314. The Morgan fingerprint density at radius 2 is 2.15 bits per heavy atom. The van der Waals surface area contributed by atoms with Crippen molar-refractivity contribution in [1.29, 1.82) is 0 Å². The molecule has 0 fully saturated rings. The van der Waals surface area contributed by atoms with Crippen LogP contribution in [-0.2, 0) is 9.59 Å². The standard InChI is InChI=1S/C9H10N2O2/c1-2-5-3-6-7(10-4-5)9(13)11-8(6)12/h4,10H,2-3H2,1H3,(H,11,12,13). The third kappa shape index (κ3) is 1.14. The van der Waals surface area contributed by atoms with Gasteiger partial charge >= 0.3 is 0 Å². The summed E-state index contributed by atoms with van der Waals surface area (Å²) in [6.07, 6.45) is 3.29. The van der Waals surface area contributed by atoms with Gasteiger partial charge in [0.2, 0.25) is 0 Å². The Morgan fingerprint density at radius 3 is 2.85 bits per heavy atom. The van der Waals surface area contributed by atoms with Crippen LogP contribution < -0.4 is 10.6 Å². The first-order valence-electron chi connectivity index (χ1n) is 4.25. The molecular formula is C9H10N2O2. The molecule has 13 heavy (non-hydrogen) atoms. The number of allylic oxidation sites excluding steroid dienone is 1. The number of amides is 2. The summed E-state index contributed by atoms with van der Waals surface area (Å²) >= 11 is 0. The van der Waals surface area contributed by atoms with Gasteiger partial charge in [0.05, 0.1) is 5.57 Å². The molecule has 0 saturated carbocycles. The van der Waals surface area contributed by atoms with E-state index in [9.17, 15) is 9.59 Å². The lowest BCUT2D eigenvalue weighted by molar-refractivity contribution is -0.124. The number of imide groups is 1. The molecule has 0 aromatic rings. The molecule has 0 radical (unpaired) electrons. The second-order valence-corrected chi connectivity index (χ2v) is 3.11. The van der Waals surface area contributed by atoms with Crippen LogP contribution in [0.15, 0.2) is 23.0 Å². The van der Waals surface area contributed by atoms with Gasteiger partial charge in [0.1, 0.15) is 5.70 Å². The number of dihydropyridines is 1. The molecule has 2 rings (SSSR count). The first kappa shape index (κ1) is 8.04. The minimum absolute atomic E-state index is 0.258. The van der Waals surface area contributed by atoms with Crippen molar-refractivity contribution in [2.45, 2.75) is 19.8 Å². The molecule has 0 aromatic heterocycles. The number of hydrogen-bond donors (Lipinski definition) is 2. The Hall–Kier alpha value is -1.58. The second kappa shape index (κ2) is 2.73. The Bertz CT molecular complexity index is 353. The topological polar surface area (TPSA) is 58.2 Å². The molecule has 68 valence electrons. The monoisotopic (exact) mass is 178 g/mol. The minimum Gasteiger partial charge on any atom is -0.357 e. The van der Waals surface area contributed by atoms with Crippen molar-refractivity contribution in [2.24, 2.45) is 0 Å². The van der Waals surface area contributed by atoms with Crippen LogP contribution >= 0.6 is 0 Å². The Balaban J connectivity index is 2.29. The van der Waals surface area contributed by atoms with Gasteiger partial charge < -0.3 is 5.32 Å². The van der Waals surface area contributed by atoms with Crippen LogP contribution in [0.4, 0.5) is 0 Å². The van der Waals surface area contributed by atoms with E-state index in [1.165, 1.54) is 0 Å². The fourth-order valence-electron chi connectivity index (χ4n) is 1.49. The van der Waals surface area contributed by atoms with Gasteiger partial charge in [0, 0.05) is 12.6 Å². The molecule has 2 N–H and O–H groups in total. The zero-order chi connectivity index (χ0) is 9.42. The molecule has 2 aliphatic heterocycles. The zero-order valence-electron chi connectivity index (χ0n) is 7.31. The number of hydrogen-bond acceptors (Lipinski definition) is 3. The van der Waals surface area contributed by atoms with E-state index in [1.54, 1.807) is 6.20 Å². The molecule has 2 heterocycles. The maximum Gasteiger partial charge on any atom is 0.275 e. The SMILES string of the molecule is CCC1=CNC2=C(C1)C(=O)NC2=O. The summed E-state index contributed by atoms with van der Waals surface area (Å²) in [5.74, 6) is -0.571. The molecule has 0 unspecified atom stereocenters. The van der Waals surface area contributed by atoms with E-state index in [-0.39, 0.29) is 11.8 Å². The van der Waals surface area contributed by atoms with E-state index in [2.05, 4.69) is 10.6 Å². The molecule has 0 aromatic carbocycles. The molecule has 2 aliphatic rings. The maximum atomic E-state index is 11.2. The Morgan fingerprint density at radius 1 is 1.38 bits per heavy atom. The van der Waals surface area contributed by atoms with Gasteiger partial charge in [-0.15, -0.1) is 0 Å². The number of carbonyl (C=O) groups excluding carboxylic acids is 2. The summed E-state index contributed by atoms with van der Waals surface area (Å²) in [6.45, 7) is 2.02. The summed E-state index contributed by atoms with van der Waals surface area (Å²) in [5.41, 5.74) is 2.13. The van der Waals surface area contributed by atoms with Crippen molar-refractivity contribution >= 4 is 11.8 Å². The van der Waals surface area contributed by atoms with Crippen LogP contribution in [0.1, 0.15) is 19.8 Å². The first-order chi connectivity index (χ1) is 6.22. The number of carbonyl (C=O) groups is 2. The number of rotatable bonds is 1. The van der Waals surface area contributed by atoms with Crippen LogP contribution in [0, 0.1) is 0 Å². The molecule has 0 aliphatic carbocycles. The molecule has 0 spiro atoms. The van der Waals surface area contributed by atoms with E-state index in [4.69, 9.17) is 0 Å². The van der Waals surface area contributed by atoms with E-state index in [0.717, 1.165) is 12.0 Å². The van der Waals surface area contributed by atoms with Crippen LogP contribution in [0.3, 0.4) is 0 Å². The lowest BCUT2D eigenvalue weighted by atomic mass is 10.0. The van der Waals surface area contributed by atoms with Crippen molar-refractivity contribution in [3.8, 4) is 0 Å². The maximum absolute atomic E-state index is 11.2. The van der Waals surface area contributed by atoms with Crippen LogP contribution in [0.5, 0.6) is 0 Å². The highest BCUT2D eigenvalue weighted by atomic mass is 16.2. The highest BCUT2D eigenvalue weighted by molar-refractivity contribution is 6.19. The van der Waals surface area contributed by atoms with Crippen molar-refractivity contribution in [1.82, 2.24) is 10.6 Å². The van der Waals surface area contributed by atoms with Gasteiger partial charge in [0.15, 0.2) is 0 Å². The summed E-state index contributed by atoms with van der Waals surface area (Å²) in [6, 6.07) is 0. The van der Waals surface area contributed by atoms with Gasteiger partial charge in [-0.25, -0.2) is 0 Å². The molecule has 2 amide bonds. The fraction of sp³-hybridized carbons (Fsp3) is 0.333. The molecular weight excluding hydrogens is 168 g/mol. The Labute approximate surface area is 75.7 Å². The van der Waals surface area contributed by atoms with Gasteiger partial charge in [-0.2, -0.15) is 0 Å². The highest BCUT2D eigenvalue weighted by Crippen LogP contribution is 2.23.